The molecular formula is C6H4CuLiS. The molecule has 0 aromatic carbocycles. The standard InChI is InChI=1S/C4H3S.C2H.Cu.Li/c1-2-4-5-3-1;1-2;;/h1-3H;1H;;/q2*-1;2*+1. The van der Waals surface area contributed by atoms with Crippen LogP contribution >= 0.6 is 11.3 Å². The number of terminal acetylenes is 1. The van der Waals surface area contributed by atoms with E-state index in [9.17, 15) is 0 Å². The molecule has 1 aromatic heterocycles. The molecule has 0 aliphatic rings. The molecule has 0 atom stereocenters. The van der Waals surface area contributed by atoms with Crippen LogP contribution in [0.15, 0.2) is 17.5 Å². The van der Waals surface area contributed by atoms with Crippen molar-refractivity contribution in [3.8, 4) is 6.42 Å². The van der Waals surface area contributed by atoms with Gasteiger partial charge in [0.2, 0.25) is 0 Å². The van der Waals surface area contributed by atoms with Gasteiger partial charge in [-0.1, -0.05) is 0 Å². The van der Waals surface area contributed by atoms with Gasteiger partial charge < -0.3 is 24.2 Å². The zero-order chi connectivity index (χ0) is 5.54. The zero-order valence-corrected chi connectivity index (χ0v) is 6.78. The maximum Gasteiger partial charge on any atom is 1.00 e. The van der Waals surface area contributed by atoms with Crippen molar-refractivity contribution in [2.75, 3.05) is 0 Å². The van der Waals surface area contributed by atoms with Crippen LogP contribution in [0.2, 0.25) is 0 Å². The van der Waals surface area contributed by atoms with Crippen LogP contribution in [-0.2, 0) is 17.1 Å². The number of rotatable bonds is 0. The first-order valence-corrected chi connectivity index (χ1v) is 2.56. The van der Waals surface area contributed by atoms with Crippen LogP contribution in [-0.4, -0.2) is 0 Å². The molecule has 46 valence electrons. The van der Waals surface area contributed by atoms with E-state index >= 15 is 0 Å². The molecule has 0 bridgehead atoms. The molecule has 0 radical (unpaired) electrons. The summed E-state index contributed by atoms with van der Waals surface area (Å²) in [5, 5.41) is 4.89. The van der Waals surface area contributed by atoms with E-state index in [4.69, 9.17) is 6.42 Å². The Bertz CT molecular complexity index is 96.6. The summed E-state index contributed by atoms with van der Waals surface area (Å²) in [6.07, 6.45) is 9.00. The van der Waals surface area contributed by atoms with Gasteiger partial charge in [0.1, 0.15) is 0 Å². The van der Waals surface area contributed by atoms with Gasteiger partial charge in [-0.3, -0.25) is 0 Å². The Balaban J connectivity index is -0.0000000836. The summed E-state index contributed by atoms with van der Waals surface area (Å²) >= 11 is 1.59. The maximum atomic E-state index is 5.25. The fraction of sp³-hybridized carbons (Fsp3) is 0. The summed E-state index contributed by atoms with van der Waals surface area (Å²) in [5.74, 6) is 0. The predicted octanol–water partition coefficient (Wildman–Crippen LogP) is -1.24. The molecule has 1 heterocycles. The molecule has 0 aliphatic heterocycles. The normalized spacial score (nSPS) is 4.67. The fourth-order valence-electron chi connectivity index (χ4n) is 0.196. The average molecular weight is 179 g/mol. The maximum absolute atomic E-state index is 5.25. The summed E-state index contributed by atoms with van der Waals surface area (Å²) in [6, 6.07) is 3.86. The Hall–Kier alpha value is 0.377. The van der Waals surface area contributed by atoms with Gasteiger partial charge in [-0.05, 0) is 0 Å². The van der Waals surface area contributed by atoms with Crippen molar-refractivity contribution in [3.63, 3.8) is 0 Å². The Kier molecular flexibility index (Phi) is 28.3. The second-order valence-corrected chi connectivity index (χ2v) is 1.47. The van der Waals surface area contributed by atoms with E-state index in [1.54, 1.807) is 11.3 Å². The molecule has 0 N–H and O–H groups in total. The molecule has 0 spiro atoms. The van der Waals surface area contributed by atoms with E-state index < -0.39 is 0 Å². The zero-order valence-electron chi connectivity index (χ0n) is 5.02. The topological polar surface area (TPSA) is 0 Å². The molecule has 0 saturated heterocycles. The first kappa shape index (κ1) is 16.2. The second-order valence-electron chi connectivity index (χ2n) is 0.731. The molecule has 0 nitrogen and oxygen atoms in total. The van der Waals surface area contributed by atoms with Gasteiger partial charge in [0.25, 0.3) is 0 Å². The number of hydrogen-bond donors (Lipinski definition) is 0. The third-order valence-electron chi connectivity index (χ3n) is 0.379. The van der Waals surface area contributed by atoms with Crippen molar-refractivity contribution in [2.45, 2.75) is 0 Å². The van der Waals surface area contributed by atoms with E-state index in [2.05, 4.69) is 11.8 Å². The van der Waals surface area contributed by atoms with E-state index in [-0.39, 0.29) is 35.9 Å². The monoisotopic (exact) mass is 178 g/mol. The van der Waals surface area contributed by atoms with Crippen LogP contribution < -0.4 is 18.9 Å². The smallest absolute Gasteiger partial charge is 0.697 e. The Morgan fingerprint density at radius 3 is 2.11 bits per heavy atom. The third-order valence-corrected chi connectivity index (χ3v) is 0.944. The van der Waals surface area contributed by atoms with Crippen molar-refractivity contribution in [3.05, 3.63) is 29.3 Å². The van der Waals surface area contributed by atoms with Crippen LogP contribution in [0.4, 0.5) is 0 Å². The molecule has 1 aromatic rings. The Morgan fingerprint density at radius 2 is 2.00 bits per heavy atom. The second kappa shape index (κ2) is 15.8. The molecule has 0 saturated carbocycles. The van der Waals surface area contributed by atoms with Gasteiger partial charge in [-0.2, -0.15) is 11.4 Å². The van der Waals surface area contributed by atoms with Gasteiger partial charge in [-0.15, -0.1) is 5.38 Å². The first-order chi connectivity index (χ1) is 3.50. The summed E-state index contributed by atoms with van der Waals surface area (Å²) in [6.45, 7) is 0. The molecule has 3 heteroatoms. The van der Waals surface area contributed by atoms with Crippen molar-refractivity contribution in [1.82, 2.24) is 0 Å². The van der Waals surface area contributed by atoms with Crippen molar-refractivity contribution < 1.29 is 35.9 Å². The Morgan fingerprint density at radius 1 is 1.44 bits per heavy atom. The molecular weight excluding hydrogens is 175 g/mol. The summed E-state index contributed by atoms with van der Waals surface area (Å²) in [5.41, 5.74) is 0. The van der Waals surface area contributed by atoms with Gasteiger partial charge >= 0.3 is 35.9 Å². The van der Waals surface area contributed by atoms with Crippen LogP contribution in [0.5, 0.6) is 0 Å². The third kappa shape index (κ3) is 11.8. The van der Waals surface area contributed by atoms with Gasteiger partial charge in [0.05, 0.1) is 0 Å². The minimum Gasteiger partial charge on any atom is -0.697 e. The minimum absolute atomic E-state index is 0. The molecule has 0 fully saturated rings. The quantitative estimate of drug-likeness (QED) is 0.265. The van der Waals surface area contributed by atoms with E-state index in [1.807, 2.05) is 17.5 Å². The largest absolute Gasteiger partial charge is 1.00 e. The van der Waals surface area contributed by atoms with Crippen LogP contribution in [0.1, 0.15) is 0 Å². The minimum atomic E-state index is 0. The molecule has 0 unspecified atom stereocenters. The van der Waals surface area contributed by atoms with Crippen molar-refractivity contribution in [1.29, 1.82) is 0 Å². The molecule has 9 heavy (non-hydrogen) atoms. The predicted molar refractivity (Wildman–Crippen MR) is 31.3 cm³/mol. The summed E-state index contributed by atoms with van der Waals surface area (Å²) in [7, 11) is 0. The average Bonchev–Trinajstić information content (AvgIpc) is 2.23. The van der Waals surface area contributed by atoms with Crippen LogP contribution in [0.3, 0.4) is 0 Å². The first-order valence-electron chi connectivity index (χ1n) is 1.68. The van der Waals surface area contributed by atoms with E-state index in [0.29, 0.717) is 0 Å². The van der Waals surface area contributed by atoms with Crippen LogP contribution in [0, 0.1) is 18.2 Å². The van der Waals surface area contributed by atoms with Gasteiger partial charge in [0.15, 0.2) is 0 Å². The van der Waals surface area contributed by atoms with Gasteiger partial charge in [0, 0.05) is 0 Å². The summed E-state index contributed by atoms with van der Waals surface area (Å²) in [4.78, 5) is 0. The van der Waals surface area contributed by atoms with Crippen molar-refractivity contribution in [2.24, 2.45) is 0 Å². The number of thiophene rings is 1. The SMILES string of the molecule is [C-]#C.[Cu+].[Li+].[c-]1cccs1. The molecule has 0 aliphatic carbocycles. The molecule has 1 rings (SSSR count). The van der Waals surface area contributed by atoms with E-state index in [0.717, 1.165) is 0 Å². The molecule has 0 amide bonds. The van der Waals surface area contributed by atoms with Crippen LogP contribution in [0.25, 0.3) is 0 Å². The number of hydrogen-bond acceptors (Lipinski definition) is 1. The summed E-state index contributed by atoms with van der Waals surface area (Å²) < 4.78 is 0. The fourth-order valence-corrected chi connectivity index (χ4v) is 0.589. The Labute approximate surface area is 82.7 Å². The van der Waals surface area contributed by atoms with Gasteiger partial charge in [-0.25, -0.2) is 6.07 Å². The van der Waals surface area contributed by atoms with Crippen molar-refractivity contribution >= 4 is 11.3 Å². The van der Waals surface area contributed by atoms with E-state index in [1.165, 1.54) is 0 Å².